The lowest BCUT2D eigenvalue weighted by Crippen LogP contribution is -2.24. The summed E-state index contributed by atoms with van der Waals surface area (Å²) in [5, 5.41) is 0. The van der Waals surface area contributed by atoms with Gasteiger partial charge in [0.2, 0.25) is 0 Å². The fourth-order valence-corrected chi connectivity index (χ4v) is 1.95. The molecule has 0 saturated carbocycles. The van der Waals surface area contributed by atoms with Gasteiger partial charge in [0.1, 0.15) is 6.23 Å². The van der Waals surface area contributed by atoms with E-state index in [1.165, 1.54) is 38.8 Å². The highest BCUT2D eigenvalue weighted by Crippen LogP contribution is 2.31. The van der Waals surface area contributed by atoms with Gasteiger partial charge < -0.3 is 4.74 Å². The third kappa shape index (κ3) is 1.57. The second kappa shape index (κ2) is 3.11. The van der Waals surface area contributed by atoms with Crippen LogP contribution in [0.15, 0.2) is 0 Å². The highest BCUT2D eigenvalue weighted by Gasteiger charge is 2.43. The first-order valence-corrected chi connectivity index (χ1v) is 4.81. The molecule has 0 radical (unpaired) electrons. The number of ether oxygens (including phenoxy) is 1. The average molecular weight is 155 g/mol. The molecule has 0 aromatic carbocycles. The second-order valence-corrected chi connectivity index (χ2v) is 3.60. The summed E-state index contributed by atoms with van der Waals surface area (Å²) in [6.45, 7) is 4.76. The van der Waals surface area contributed by atoms with Crippen LogP contribution >= 0.6 is 0 Å². The van der Waals surface area contributed by atoms with Crippen LogP contribution in [0.1, 0.15) is 32.6 Å². The van der Waals surface area contributed by atoms with Gasteiger partial charge >= 0.3 is 0 Å². The summed E-state index contributed by atoms with van der Waals surface area (Å²) in [7, 11) is 0. The van der Waals surface area contributed by atoms with Crippen LogP contribution in [0.5, 0.6) is 0 Å². The molecule has 0 amide bonds. The number of hydrogen-bond donors (Lipinski definition) is 0. The Bertz CT molecular complexity index is 132. The van der Waals surface area contributed by atoms with Crippen molar-refractivity contribution in [2.45, 2.75) is 44.9 Å². The molecule has 0 spiro atoms. The van der Waals surface area contributed by atoms with Crippen LogP contribution in [0.25, 0.3) is 0 Å². The van der Waals surface area contributed by atoms with Crippen molar-refractivity contribution in [2.75, 3.05) is 13.1 Å². The molecule has 0 N–H and O–H groups in total. The number of nitrogens with zero attached hydrogens (tertiary/aromatic N) is 1. The van der Waals surface area contributed by atoms with E-state index in [0.29, 0.717) is 12.3 Å². The fourth-order valence-electron chi connectivity index (χ4n) is 1.95. The molecule has 0 aromatic heterocycles. The molecule has 0 aromatic rings. The first-order valence-electron chi connectivity index (χ1n) is 4.81. The van der Waals surface area contributed by atoms with Crippen LogP contribution in [-0.2, 0) is 4.74 Å². The molecule has 2 unspecified atom stereocenters. The summed E-state index contributed by atoms with van der Waals surface area (Å²) < 4.78 is 5.57. The molecule has 2 nitrogen and oxygen atoms in total. The Kier molecular flexibility index (Phi) is 2.14. The van der Waals surface area contributed by atoms with Crippen molar-refractivity contribution in [1.29, 1.82) is 0 Å². The second-order valence-electron chi connectivity index (χ2n) is 3.60. The van der Waals surface area contributed by atoms with E-state index in [-0.39, 0.29) is 0 Å². The zero-order valence-electron chi connectivity index (χ0n) is 7.25. The lowest BCUT2D eigenvalue weighted by atomic mass is 10.2. The number of likely N-dealkylation sites (tertiary alicyclic amines) is 1. The van der Waals surface area contributed by atoms with Crippen molar-refractivity contribution in [3.63, 3.8) is 0 Å². The zero-order valence-corrected chi connectivity index (χ0v) is 7.25. The summed E-state index contributed by atoms with van der Waals surface area (Å²) in [5.41, 5.74) is 0. The van der Waals surface area contributed by atoms with Gasteiger partial charge in [0.05, 0.1) is 6.10 Å². The van der Waals surface area contributed by atoms with Crippen LogP contribution in [0, 0.1) is 0 Å². The predicted molar refractivity (Wildman–Crippen MR) is 44.4 cm³/mol. The van der Waals surface area contributed by atoms with E-state index in [1.54, 1.807) is 0 Å². The maximum Gasteiger partial charge on any atom is 0.137 e. The Hall–Kier alpha value is -0.0800. The monoisotopic (exact) mass is 155 g/mol. The van der Waals surface area contributed by atoms with E-state index in [0.717, 1.165) is 0 Å². The third-order valence-corrected chi connectivity index (χ3v) is 2.63. The smallest absolute Gasteiger partial charge is 0.137 e. The first-order chi connectivity index (χ1) is 5.42. The highest BCUT2D eigenvalue weighted by atomic mass is 16.6. The fraction of sp³-hybridized carbons (Fsp3) is 1.00. The molecular formula is C9H17NO. The summed E-state index contributed by atoms with van der Waals surface area (Å²) in [5.74, 6) is 0. The lowest BCUT2D eigenvalue weighted by molar-refractivity contribution is 0.210. The summed E-state index contributed by atoms with van der Waals surface area (Å²) in [6, 6.07) is 0. The quantitative estimate of drug-likeness (QED) is 0.575. The van der Waals surface area contributed by atoms with E-state index >= 15 is 0 Å². The lowest BCUT2D eigenvalue weighted by Gasteiger charge is -2.09. The SMILES string of the molecule is CCCC1OC1N1CCCC1. The van der Waals surface area contributed by atoms with Gasteiger partial charge in [-0.25, -0.2) is 0 Å². The summed E-state index contributed by atoms with van der Waals surface area (Å²) in [6.07, 6.45) is 6.35. The third-order valence-electron chi connectivity index (χ3n) is 2.63. The van der Waals surface area contributed by atoms with E-state index in [9.17, 15) is 0 Å². The van der Waals surface area contributed by atoms with Crippen LogP contribution in [-0.4, -0.2) is 30.3 Å². The Balaban J connectivity index is 1.72. The maximum atomic E-state index is 5.57. The summed E-state index contributed by atoms with van der Waals surface area (Å²) >= 11 is 0. The minimum atomic E-state index is 0.512. The van der Waals surface area contributed by atoms with Crippen molar-refractivity contribution >= 4 is 0 Å². The van der Waals surface area contributed by atoms with Crippen molar-refractivity contribution in [1.82, 2.24) is 4.90 Å². The number of epoxide rings is 1. The minimum Gasteiger partial charge on any atom is -0.353 e. The standard InChI is InChI=1S/C9H17NO/c1-2-5-8-9(11-8)10-6-3-4-7-10/h8-9H,2-7H2,1H3. The molecule has 2 aliphatic rings. The van der Waals surface area contributed by atoms with Crippen molar-refractivity contribution in [3.8, 4) is 0 Å². The van der Waals surface area contributed by atoms with Gasteiger partial charge in [-0.15, -0.1) is 0 Å². The molecule has 2 heteroatoms. The largest absolute Gasteiger partial charge is 0.353 e. The molecule has 2 atom stereocenters. The number of rotatable bonds is 3. The molecular weight excluding hydrogens is 138 g/mol. The molecule has 64 valence electrons. The predicted octanol–water partition coefficient (Wildman–Crippen LogP) is 1.61. The zero-order chi connectivity index (χ0) is 7.68. The molecule has 2 fully saturated rings. The van der Waals surface area contributed by atoms with Crippen LogP contribution in [0.2, 0.25) is 0 Å². The van der Waals surface area contributed by atoms with Crippen LogP contribution in [0.3, 0.4) is 0 Å². The Morgan fingerprint density at radius 2 is 2.09 bits per heavy atom. The number of hydrogen-bond acceptors (Lipinski definition) is 2. The molecule has 2 saturated heterocycles. The van der Waals surface area contributed by atoms with Gasteiger partial charge in [-0.3, -0.25) is 4.90 Å². The van der Waals surface area contributed by atoms with Crippen LogP contribution in [0.4, 0.5) is 0 Å². The molecule has 2 aliphatic heterocycles. The van der Waals surface area contributed by atoms with Gasteiger partial charge in [-0.2, -0.15) is 0 Å². The van der Waals surface area contributed by atoms with E-state index in [2.05, 4.69) is 11.8 Å². The van der Waals surface area contributed by atoms with E-state index in [1.807, 2.05) is 0 Å². The van der Waals surface area contributed by atoms with Gasteiger partial charge in [0, 0.05) is 13.1 Å². The highest BCUT2D eigenvalue weighted by molar-refractivity contribution is 4.86. The van der Waals surface area contributed by atoms with Crippen molar-refractivity contribution in [2.24, 2.45) is 0 Å². The van der Waals surface area contributed by atoms with Crippen molar-refractivity contribution < 1.29 is 4.74 Å². The average Bonchev–Trinajstić information content (AvgIpc) is 2.61. The van der Waals surface area contributed by atoms with Gasteiger partial charge in [0.15, 0.2) is 0 Å². The molecule has 2 rings (SSSR count). The topological polar surface area (TPSA) is 15.8 Å². The Labute approximate surface area is 68.5 Å². The van der Waals surface area contributed by atoms with E-state index in [4.69, 9.17) is 4.74 Å². The Morgan fingerprint density at radius 3 is 2.73 bits per heavy atom. The molecule has 2 heterocycles. The van der Waals surface area contributed by atoms with Gasteiger partial charge in [-0.1, -0.05) is 13.3 Å². The normalized spacial score (nSPS) is 37.9. The Morgan fingerprint density at radius 1 is 1.36 bits per heavy atom. The maximum absolute atomic E-state index is 5.57. The van der Waals surface area contributed by atoms with Gasteiger partial charge in [-0.05, 0) is 19.3 Å². The van der Waals surface area contributed by atoms with Gasteiger partial charge in [0.25, 0.3) is 0 Å². The molecule has 0 bridgehead atoms. The van der Waals surface area contributed by atoms with Crippen LogP contribution < -0.4 is 0 Å². The van der Waals surface area contributed by atoms with Crippen molar-refractivity contribution in [3.05, 3.63) is 0 Å². The summed E-state index contributed by atoms with van der Waals surface area (Å²) in [4.78, 5) is 2.49. The first kappa shape index (κ1) is 7.56. The van der Waals surface area contributed by atoms with E-state index < -0.39 is 0 Å². The minimum absolute atomic E-state index is 0.512. The molecule has 11 heavy (non-hydrogen) atoms. The molecule has 0 aliphatic carbocycles.